The maximum absolute atomic E-state index is 13.5. The molecule has 1 aliphatic heterocycles. The Morgan fingerprint density at radius 3 is 2.24 bits per heavy atom. The van der Waals surface area contributed by atoms with E-state index in [9.17, 15) is 19.5 Å². The molecule has 3 aromatic carbocycles. The van der Waals surface area contributed by atoms with Crippen LogP contribution in [0.2, 0.25) is 0 Å². The number of carbonyl (C=O) groups excluding carboxylic acids is 3. The summed E-state index contributed by atoms with van der Waals surface area (Å²) in [4.78, 5) is 40.4. The summed E-state index contributed by atoms with van der Waals surface area (Å²) in [7, 11) is 1.57. The summed E-state index contributed by atoms with van der Waals surface area (Å²) >= 11 is 0. The number of anilines is 1. The van der Waals surface area contributed by atoms with Gasteiger partial charge in [0.2, 0.25) is 0 Å². The summed E-state index contributed by atoms with van der Waals surface area (Å²) < 4.78 is 10.4. The number of Topliss-reactive ketones (excluding diaryl/α,β-unsaturated/α-hetero) is 1. The van der Waals surface area contributed by atoms with Crippen molar-refractivity contribution in [3.05, 3.63) is 99.6 Å². The smallest absolute Gasteiger partial charge is 0.338 e. The molecule has 1 amide bonds. The molecule has 0 saturated carbocycles. The number of amides is 1. The lowest BCUT2D eigenvalue weighted by Crippen LogP contribution is -2.29. The van der Waals surface area contributed by atoms with Crippen molar-refractivity contribution in [3.8, 4) is 5.75 Å². The Morgan fingerprint density at radius 2 is 1.62 bits per heavy atom. The molecule has 37 heavy (non-hydrogen) atoms. The van der Waals surface area contributed by atoms with Gasteiger partial charge in [-0.1, -0.05) is 24.3 Å². The summed E-state index contributed by atoms with van der Waals surface area (Å²) in [5.41, 5.74) is 4.26. The Balaban J connectivity index is 1.92. The Kier molecular flexibility index (Phi) is 7.16. The SMILES string of the molecule is CCOC(=O)c1ccc(N2C(=O)C(=O)/C(=C(/O)c3cc(C)c(OC)cc3C)C2c2ccccc2C)cc1. The van der Waals surface area contributed by atoms with Crippen LogP contribution in [-0.4, -0.2) is 36.5 Å². The number of nitrogens with zero attached hydrogens (tertiary/aromatic N) is 1. The molecule has 1 saturated heterocycles. The Bertz CT molecular complexity index is 1420. The minimum absolute atomic E-state index is 0.00133. The van der Waals surface area contributed by atoms with Gasteiger partial charge in [0.25, 0.3) is 11.7 Å². The Hall–Kier alpha value is -4.39. The molecule has 0 aromatic heterocycles. The monoisotopic (exact) mass is 499 g/mol. The first-order valence-corrected chi connectivity index (χ1v) is 12.0. The third kappa shape index (κ3) is 4.60. The van der Waals surface area contributed by atoms with Crippen molar-refractivity contribution >= 4 is 29.1 Å². The number of ether oxygens (including phenoxy) is 2. The number of esters is 1. The molecule has 1 heterocycles. The van der Waals surface area contributed by atoms with Crippen LogP contribution in [0.4, 0.5) is 5.69 Å². The second-order valence-corrected chi connectivity index (χ2v) is 8.93. The molecule has 7 nitrogen and oxygen atoms in total. The number of rotatable bonds is 6. The van der Waals surface area contributed by atoms with Gasteiger partial charge in [0.1, 0.15) is 11.5 Å². The van der Waals surface area contributed by atoms with Crippen LogP contribution >= 0.6 is 0 Å². The van der Waals surface area contributed by atoms with Crippen molar-refractivity contribution in [1.29, 1.82) is 0 Å². The number of aliphatic hydroxyl groups is 1. The van der Waals surface area contributed by atoms with Crippen molar-refractivity contribution in [1.82, 2.24) is 0 Å². The fourth-order valence-corrected chi connectivity index (χ4v) is 4.67. The first kappa shape index (κ1) is 25.7. The summed E-state index contributed by atoms with van der Waals surface area (Å²) in [5.74, 6) is -1.61. The lowest BCUT2D eigenvalue weighted by Gasteiger charge is -2.27. The van der Waals surface area contributed by atoms with Crippen molar-refractivity contribution in [2.24, 2.45) is 0 Å². The number of aliphatic hydroxyl groups excluding tert-OH is 1. The zero-order chi connectivity index (χ0) is 26.9. The van der Waals surface area contributed by atoms with E-state index in [1.807, 2.05) is 45.0 Å². The second kappa shape index (κ2) is 10.3. The van der Waals surface area contributed by atoms with Crippen molar-refractivity contribution < 1.29 is 29.0 Å². The average Bonchev–Trinajstić information content (AvgIpc) is 3.15. The van der Waals surface area contributed by atoms with Gasteiger partial charge in [-0.25, -0.2) is 4.79 Å². The van der Waals surface area contributed by atoms with E-state index >= 15 is 0 Å². The molecule has 0 bridgehead atoms. The van der Waals surface area contributed by atoms with E-state index < -0.39 is 23.7 Å². The highest BCUT2D eigenvalue weighted by molar-refractivity contribution is 6.51. The van der Waals surface area contributed by atoms with Crippen LogP contribution in [0, 0.1) is 20.8 Å². The number of methoxy groups -OCH3 is 1. The molecular weight excluding hydrogens is 470 g/mol. The number of carbonyl (C=O) groups is 3. The van der Waals surface area contributed by atoms with Gasteiger partial charge in [-0.3, -0.25) is 14.5 Å². The van der Waals surface area contributed by atoms with Gasteiger partial charge in [0.15, 0.2) is 0 Å². The van der Waals surface area contributed by atoms with E-state index in [0.29, 0.717) is 33.7 Å². The zero-order valence-corrected chi connectivity index (χ0v) is 21.5. The number of hydrogen-bond acceptors (Lipinski definition) is 6. The third-order valence-electron chi connectivity index (χ3n) is 6.58. The lowest BCUT2D eigenvalue weighted by atomic mass is 9.91. The summed E-state index contributed by atoms with van der Waals surface area (Å²) in [6.07, 6.45) is 0. The molecule has 1 aliphatic rings. The number of aryl methyl sites for hydroxylation is 3. The molecule has 1 fully saturated rings. The van der Waals surface area contributed by atoms with Crippen LogP contribution in [0.3, 0.4) is 0 Å². The van der Waals surface area contributed by atoms with Crippen molar-refractivity contribution in [3.63, 3.8) is 0 Å². The van der Waals surface area contributed by atoms with Gasteiger partial charge >= 0.3 is 5.97 Å². The van der Waals surface area contributed by atoms with E-state index in [1.54, 1.807) is 50.4 Å². The molecule has 4 rings (SSSR count). The molecular formula is C30H29NO6. The predicted octanol–water partition coefficient (Wildman–Crippen LogP) is 5.42. The first-order valence-electron chi connectivity index (χ1n) is 12.0. The quantitative estimate of drug-likeness (QED) is 0.211. The summed E-state index contributed by atoms with van der Waals surface area (Å²) in [6, 6.07) is 16.4. The molecule has 3 aromatic rings. The van der Waals surface area contributed by atoms with Crippen LogP contribution in [0.15, 0.2) is 66.2 Å². The molecule has 0 spiro atoms. The minimum Gasteiger partial charge on any atom is -0.507 e. The fourth-order valence-electron chi connectivity index (χ4n) is 4.67. The molecule has 1 atom stereocenters. The van der Waals surface area contributed by atoms with E-state index in [-0.39, 0.29) is 17.9 Å². The maximum atomic E-state index is 13.5. The van der Waals surface area contributed by atoms with Crippen LogP contribution in [-0.2, 0) is 14.3 Å². The standard InChI is InChI=1S/C30H29NO6/c1-6-37-30(35)20-11-13-21(14-12-20)31-26(22-10-8-7-9-17(22)2)25(28(33)29(31)34)27(32)23-15-19(4)24(36-5)16-18(23)3/h7-16,26,32H,6H2,1-5H3/b27-25+. The van der Waals surface area contributed by atoms with Gasteiger partial charge in [-0.2, -0.15) is 0 Å². The molecule has 0 aliphatic carbocycles. The number of benzene rings is 3. The van der Waals surface area contributed by atoms with Gasteiger partial charge in [0, 0.05) is 11.3 Å². The van der Waals surface area contributed by atoms with Gasteiger partial charge in [-0.15, -0.1) is 0 Å². The van der Waals surface area contributed by atoms with E-state index in [2.05, 4.69) is 0 Å². The zero-order valence-electron chi connectivity index (χ0n) is 21.5. The summed E-state index contributed by atoms with van der Waals surface area (Å²) in [6.45, 7) is 7.51. The summed E-state index contributed by atoms with van der Waals surface area (Å²) in [5, 5.41) is 11.5. The third-order valence-corrected chi connectivity index (χ3v) is 6.58. The number of hydrogen-bond donors (Lipinski definition) is 1. The van der Waals surface area contributed by atoms with Crippen molar-refractivity contribution in [2.75, 3.05) is 18.6 Å². The molecule has 0 radical (unpaired) electrons. The van der Waals surface area contributed by atoms with E-state index in [1.165, 1.54) is 4.90 Å². The fraction of sp³-hybridized carbons (Fsp3) is 0.233. The predicted molar refractivity (Wildman–Crippen MR) is 141 cm³/mol. The molecule has 1 N–H and O–H groups in total. The molecule has 190 valence electrons. The highest BCUT2D eigenvalue weighted by atomic mass is 16.5. The van der Waals surface area contributed by atoms with Gasteiger partial charge < -0.3 is 14.6 Å². The van der Waals surface area contributed by atoms with E-state index in [4.69, 9.17) is 9.47 Å². The minimum atomic E-state index is -0.864. The lowest BCUT2D eigenvalue weighted by molar-refractivity contribution is -0.132. The van der Waals surface area contributed by atoms with Crippen LogP contribution in [0.5, 0.6) is 5.75 Å². The Morgan fingerprint density at radius 1 is 0.946 bits per heavy atom. The van der Waals surface area contributed by atoms with Crippen LogP contribution < -0.4 is 9.64 Å². The van der Waals surface area contributed by atoms with Gasteiger partial charge in [-0.05, 0) is 86.3 Å². The highest BCUT2D eigenvalue weighted by Gasteiger charge is 2.47. The first-order chi connectivity index (χ1) is 17.7. The second-order valence-electron chi connectivity index (χ2n) is 8.93. The van der Waals surface area contributed by atoms with Gasteiger partial charge in [0.05, 0.1) is 30.9 Å². The van der Waals surface area contributed by atoms with Crippen molar-refractivity contribution in [2.45, 2.75) is 33.7 Å². The van der Waals surface area contributed by atoms with E-state index in [0.717, 1.165) is 11.1 Å². The normalized spacial score (nSPS) is 16.7. The average molecular weight is 500 g/mol. The topological polar surface area (TPSA) is 93.1 Å². The highest BCUT2D eigenvalue weighted by Crippen LogP contribution is 2.43. The number of ketones is 1. The largest absolute Gasteiger partial charge is 0.507 e. The maximum Gasteiger partial charge on any atom is 0.338 e. The van der Waals surface area contributed by atoms with Crippen LogP contribution in [0.25, 0.3) is 5.76 Å². The Labute approximate surface area is 215 Å². The molecule has 7 heteroatoms. The molecule has 1 unspecified atom stereocenters. The van der Waals surface area contributed by atoms with Crippen LogP contribution in [0.1, 0.15) is 51.1 Å².